The van der Waals surface area contributed by atoms with Gasteiger partial charge in [-0.05, 0) is 28.4 Å². The van der Waals surface area contributed by atoms with Crippen LogP contribution in [0, 0.1) is 5.95 Å². The first kappa shape index (κ1) is 11.7. The third-order valence-electron chi connectivity index (χ3n) is 2.20. The second-order valence-electron chi connectivity index (χ2n) is 3.01. The number of aromatic nitrogens is 2. The van der Waals surface area contributed by atoms with Gasteiger partial charge in [0.25, 0.3) is 0 Å². The third-order valence-corrected chi connectivity index (χ3v) is 4.29. The van der Waals surface area contributed by atoms with Gasteiger partial charge < -0.3 is 0 Å². The van der Waals surface area contributed by atoms with Crippen LogP contribution in [0.15, 0.2) is 16.7 Å². The van der Waals surface area contributed by atoms with Crippen molar-refractivity contribution in [3.8, 4) is 0 Å². The van der Waals surface area contributed by atoms with E-state index in [1.807, 2.05) is 13.0 Å². The molecule has 0 amide bonds. The van der Waals surface area contributed by atoms with Crippen molar-refractivity contribution in [1.29, 1.82) is 0 Å². The van der Waals surface area contributed by atoms with E-state index in [0.29, 0.717) is 12.1 Å². The maximum Gasteiger partial charge on any atom is 0.210 e. The predicted molar refractivity (Wildman–Crippen MR) is 73.8 cm³/mol. The van der Waals surface area contributed by atoms with Crippen molar-refractivity contribution in [3.05, 3.63) is 28.2 Å². The van der Waals surface area contributed by atoms with Crippen LogP contribution in [0.1, 0.15) is 12.5 Å². The summed E-state index contributed by atoms with van der Waals surface area (Å²) >= 11 is 5.40. The molecule has 0 bridgehead atoms. The van der Waals surface area contributed by atoms with Gasteiger partial charge in [-0.3, -0.25) is 0 Å². The molecule has 2 aromatic heterocycles. The fourth-order valence-corrected chi connectivity index (χ4v) is 3.33. The zero-order valence-corrected chi connectivity index (χ0v) is 12.4. The quantitative estimate of drug-likeness (QED) is 0.697. The number of halogens is 3. The topological polar surface area (TPSA) is 17.8 Å². The fourth-order valence-electron chi connectivity index (χ4n) is 1.54. The highest BCUT2D eigenvalue weighted by Gasteiger charge is 2.17. The average molecular weight is 401 g/mol. The molecule has 0 radical (unpaired) electrons. The predicted octanol–water partition coefficient (Wildman–Crippen LogP) is 4.35. The molecule has 0 aliphatic rings. The lowest BCUT2D eigenvalue weighted by atomic mass is 10.2. The van der Waals surface area contributed by atoms with Crippen molar-refractivity contribution >= 4 is 57.3 Å². The number of nitrogens with zero attached hydrogens (tertiary/aromatic N) is 2. The highest BCUT2D eigenvalue weighted by molar-refractivity contribution is 14.2. The summed E-state index contributed by atoms with van der Waals surface area (Å²) in [5.74, 6) is -0.197. The van der Waals surface area contributed by atoms with Crippen molar-refractivity contribution in [2.75, 3.05) is 0 Å². The van der Waals surface area contributed by atoms with E-state index in [-0.39, 0.29) is 5.95 Å². The average Bonchev–Trinajstić information content (AvgIpc) is 2.48. The van der Waals surface area contributed by atoms with E-state index in [0.717, 1.165) is 15.4 Å². The van der Waals surface area contributed by atoms with Crippen LogP contribution in [0.4, 0.5) is 4.39 Å². The molecular formula is C9H7BrFIN2S. The molecule has 0 unspecified atom stereocenters. The maximum absolute atomic E-state index is 13.9. The molecule has 0 aromatic carbocycles. The second kappa shape index (κ2) is 4.58. The van der Waals surface area contributed by atoms with Crippen LogP contribution in [0.5, 0.6) is 0 Å². The van der Waals surface area contributed by atoms with E-state index in [9.17, 15) is 4.39 Å². The summed E-state index contributed by atoms with van der Waals surface area (Å²) in [7, 11) is 1.30. The number of rotatable bonds is 2. The minimum atomic E-state index is -0.197. The van der Waals surface area contributed by atoms with Crippen LogP contribution in [0.25, 0.3) is 11.0 Å². The standard InChI is InChI=1S/C9H7BrFIN2S/c1-2-6-7-3-5(10)4-13-9(7)14(15-12)8(6)11/h3-4H,2H2,1H3. The largest absolute Gasteiger partial charge is 0.236 e. The molecule has 0 spiro atoms. The zero-order valence-electron chi connectivity index (χ0n) is 7.80. The molecule has 0 saturated heterocycles. The molecule has 2 heterocycles. The van der Waals surface area contributed by atoms with Gasteiger partial charge in [0.1, 0.15) is 0 Å². The van der Waals surface area contributed by atoms with Gasteiger partial charge in [-0.1, -0.05) is 6.92 Å². The molecule has 0 N–H and O–H groups in total. The Bertz CT molecular complexity index is 514. The van der Waals surface area contributed by atoms with Gasteiger partial charge in [0.15, 0.2) is 5.65 Å². The Morgan fingerprint density at radius 2 is 2.40 bits per heavy atom. The second-order valence-corrected chi connectivity index (χ2v) is 5.61. The van der Waals surface area contributed by atoms with E-state index >= 15 is 0 Å². The number of aryl methyl sites for hydroxylation is 1. The van der Waals surface area contributed by atoms with Gasteiger partial charge in [0.05, 0.1) is 0 Å². The minimum absolute atomic E-state index is 0.197. The summed E-state index contributed by atoms with van der Waals surface area (Å²) in [5.41, 5.74) is 1.41. The van der Waals surface area contributed by atoms with Crippen molar-refractivity contribution < 1.29 is 4.39 Å². The van der Waals surface area contributed by atoms with Crippen LogP contribution in [-0.2, 0) is 6.42 Å². The summed E-state index contributed by atoms with van der Waals surface area (Å²) in [6.45, 7) is 1.95. The van der Waals surface area contributed by atoms with Gasteiger partial charge in [0, 0.05) is 51.9 Å². The van der Waals surface area contributed by atoms with Crippen LogP contribution in [0.2, 0.25) is 0 Å². The third kappa shape index (κ3) is 1.91. The Balaban J connectivity index is 2.85. The van der Waals surface area contributed by atoms with Crippen LogP contribution in [0.3, 0.4) is 0 Å². The molecular weight excluding hydrogens is 394 g/mol. The molecule has 0 aliphatic heterocycles. The van der Waals surface area contributed by atoms with Crippen molar-refractivity contribution in [3.63, 3.8) is 0 Å². The van der Waals surface area contributed by atoms with Crippen molar-refractivity contribution in [2.45, 2.75) is 13.3 Å². The zero-order chi connectivity index (χ0) is 11.0. The summed E-state index contributed by atoms with van der Waals surface area (Å²) in [5, 5.41) is 0.883. The monoisotopic (exact) mass is 400 g/mol. The summed E-state index contributed by atoms with van der Waals surface area (Å²) < 4.78 is 16.3. The Kier molecular flexibility index (Phi) is 3.56. The van der Waals surface area contributed by atoms with Gasteiger partial charge in [0.2, 0.25) is 5.95 Å². The molecule has 2 aromatic rings. The molecule has 80 valence electrons. The van der Waals surface area contributed by atoms with Crippen LogP contribution < -0.4 is 0 Å². The highest BCUT2D eigenvalue weighted by Crippen LogP contribution is 2.31. The number of hydrogen-bond donors (Lipinski definition) is 0. The highest BCUT2D eigenvalue weighted by atomic mass is 127. The smallest absolute Gasteiger partial charge is 0.210 e. The van der Waals surface area contributed by atoms with E-state index in [2.05, 4.69) is 42.1 Å². The van der Waals surface area contributed by atoms with E-state index in [1.54, 1.807) is 6.20 Å². The Hall–Kier alpha value is 0.180. The lowest BCUT2D eigenvalue weighted by Gasteiger charge is -1.96. The van der Waals surface area contributed by atoms with Gasteiger partial charge in [-0.2, -0.15) is 4.39 Å². The molecule has 0 saturated carbocycles. The molecule has 0 aliphatic carbocycles. The first-order valence-electron chi connectivity index (χ1n) is 4.32. The normalized spacial score (nSPS) is 11.2. The van der Waals surface area contributed by atoms with Crippen molar-refractivity contribution in [2.24, 2.45) is 0 Å². The molecule has 0 atom stereocenters. The first-order chi connectivity index (χ1) is 7.19. The van der Waals surface area contributed by atoms with Gasteiger partial charge >= 0.3 is 0 Å². The lowest BCUT2D eigenvalue weighted by molar-refractivity contribution is 0.571. The summed E-state index contributed by atoms with van der Waals surface area (Å²) in [6.07, 6.45) is 2.36. The van der Waals surface area contributed by atoms with Gasteiger partial charge in [-0.25, -0.2) is 8.96 Å². The SMILES string of the molecule is CCc1c(F)n(SI)c2ncc(Br)cc12. The van der Waals surface area contributed by atoms with Crippen LogP contribution in [-0.4, -0.2) is 8.96 Å². The van der Waals surface area contributed by atoms with E-state index in [1.165, 1.54) is 13.1 Å². The Morgan fingerprint density at radius 1 is 1.67 bits per heavy atom. The molecule has 0 fully saturated rings. The van der Waals surface area contributed by atoms with E-state index in [4.69, 9.17) is 0 Å². The van der Waals surface area contributed by atoms with Crippen LogP contribution >= 0.6 is 46.3 Å². The first-order valence-corrected chi connectivity index (χ1v) is 8.43. The van der Waals surface area contributed by atoms with Crippen molar-refractivity contribution in [1.82, 2.24) is 8.96 Å². The number of pyridine rings is 1. The van der Waals surface area contributed by atoms with Gasteiger partial charge in [-0.15, -0.1) is 0 Å². The maximum atomic E-state index is 13.9. The summed E-state index contributed by atoms with van der Waals surface area (Å²) in [6, 6.07) is 1.91. The molecule has 2 rings (SSSR count). The fraction of sp³-hybridized carbons (Fsp3) is 0.222. The Labute approximate surface area is 111 Å². The number of hydrogen-bond acceptors (Lipinski definition) is 2. The summed E-state index contributed by atoms with van der Waals surface area (Å²) in [4.78, 5) is 4.23. The minimum Gasteiger partial charge on any atom is -0.236 e. The lowest BCUT2D eigenvalue weighted by Crippen LogP contribution is -1.90. The molecule has 2 nitrogen and oxygen atoms in total. The molecule has 15 heavy (non-hydrogen) atoms. The number of fused-ring (bicyclic) bond motifs is 1. The molecule has 6 heteroatoms. The Morgan fingerprint density at radius 3 is 3.00 bits per heavy atom. The van der Waals surface area contributed by atoms with E-state index < -0.39 is 0 Å².